The van der Waals surface area contributed by atoms with E-state index in [1.165, 1.54) is 6.07 Å². The number of ether oxygens (including phenoxy) is 1. The first-order valence-electron chi connectivity index (χ1n) is 6.57. The van der Waals surface area contributed by atoms with Crippen molar-refractivity contribution < 1.29 is 22.8 Å². The average molecular weight is 304 g/mol. The highest BCUT2D eigenvalue weighted by atomic mass is 19.4. The molecule has 8 heteroatoms. The fourth-order valence-electron chi connectivity index (χ4n) is 2.25. The van der Waals surface area contributed by atoms with Gasteiger partial charge in [0.25, 0.3) is 5.69 Å². The summed E-state index contributed by atoms with van der Waals surface area (Å²) < 4.78 is 43.8. The van der Waals surface area contributed by atoms with Gasteiger partial charge in [0.05, 0.1) is 11.5 Å². The number of benzene rings is 1. The highest BCUT2D eigenvalue weighted by Crippen LogP contribution is 2.38. The van der Waals surface area contributed by atoms with Gasteiger partial charge >= 0.3 is 6.18 Å². The first-order valence-corrected chi connectivity index (χ1v) is 6.57. The molecule has 1 N–H and O–H groups in total. The van der Waals surface area contributed by atoms with Crippen molar-refractivity contribution >= 4 is 5.69 Å². The van der Waals surface area contributed by atoms with Crippen LogP contribution in [0.2, 0.25) is 0 Å². The standard InChI is InChI=1S/C13H15F3N2O3/c14-13(15,16)11-7-10(1-2-12(11)18(19)20)21-8-9-3-5-17-6-4-9/h1-2,7,9,17H,3-6,8H2. The van der Waals surface area contributed by atoms with Crippen LogP contribution < -0.4 is 10.1 Å². The Balaban J connectivity index is 2.11. The van der Waals surface area contributed by atoms with Crippen LogP contribution in [-0.2, 0) is 6.18 Å². The highest BCUT2D eigenvalue weighted by Gasteiger charge is 2.38. The Kier molecular flexibility index (Phi) is 4.66. The van der Waals surface area contributed by atoms with Gasteiger partial charge in [-0.3, -0.25) is 10.1 Å². The second-order valence-corrected chi connectivity index (χ2v) is 4.94. The zero-order valence-corrected chi connectivity index (χ0v) is 11.2. The zero-order chi connectivity index (χ0) is 15.5. The lowest BCUT2D eigenvalue weighted by Gasteiger charge is -2.22. The number of rotatable bonds is 4. The van der Waals surface area contributed by atoms with Crippen molar-refractivity contribution in [3.05, 3.63) is 33.9 Å². The number of nitrogens with one attached hydrogen (secondary N) is 1. The molecule has 116 valence electrons. The van der Waals surface area contributed by atoms with Crippen molar-refractivity contribution in [2.45, 2.75) is 19.0 Å². The van der Waals surface area contributed by atoms with Crippen LogP contribution >= 0.6 is 0 Å². The van der Waals surface area contributed by atoms with Crippen LogP contribution in [0.25, 0.3) is 0 Å². The van der Waals surface area contributed by atoms with E-state index >= 15 is 0 Å². The summed E-state index contributed by atoms with van der Waals surface area (Å²) in [5.41, 5.74) is -2.24. The molecule has 0 aliphatic carbocycles. The van der Waals surface area contributed by atoms with Gasteiger partial charge in [-0.1, -0.05) is 0 Å². The van der Waals surface area contributed by atoms with Gasteiger partial charge < -0.3 is 10.1 Å². The minimum Gasteiger partial charge on any atom is -0.493 e. The molecule has 0 amide bonds. The quantitative estimate of drug-likeness (QED) is 0.686. The molecule has 5 nitrogen and oxygen atoms in total. The minimum atomic E-state index is -4.78. The largest absolute Gasteiger partial charge is 0.493 e. The Hall–Kier alpha value is -1.83. The molecule has 0 unspecified atom stereocenters. The Labute approximate surface area is 119 Å². The zero-order valence-electron chi connectivity index (χ0n) is 11.2. The smallest absolute Gasteiger partial charge is 0.423 e. The number of alkyl halides is 3. The van der Waals surface area contributed by atoms with E-state index in [1.807, 2.05) is 0 Å². The molecule has 1 saturated heterocycles. The molecule has 0 saturated carbocycles. The van der Waals surface area contributed by atoms with Gasteiger partial charge in [-0.05, 0) is 44.0 Å². The lowest BCUT2D eigenvalue weighted by Crippen LogP contribution is -2.30. The van der Waals surface area contributed by atoms with Gasteiger partial charge in [0.2, 0.25) is 0 Å². The van der Waals surface area contributed by atoms with Crippen molar-refractivity contribution in [3.63, 3.8) is 0 Å². The third kappa shape index (κ3) is 4.07. The van der Waals surface area contributed by atoms with Crippen LogP contribution in [-0.4, -0.2) is 24.6 Å². The number of hydrogen-bond acceptors (Lipinski definition) is 4. The molecule has 2 rings (SSSR count). The van der Waals surface area contributed by atoms with E-state index in [2.05, 4.69) is 5.32 Å². The van der Waals surface area contributed by atoms with E-state index in [4.69, 9.17) is 4.74 Å². The van der Waals surface area contributed by atoms with Gasteiger partial charge in [0, 0.05) is 6.07 Å². The third-order valence-corrected chi connectivity index (χ3v) is 3.41. The summed E-state index contributed by atoms with van der Waals surface area (Å²) in [5.74, 6) is 0.294. The summed E-state index contributed by atoms with van der Waals surface area (Å²) >= 11 is 0. The molecule has 0 bridgehead atoms. The minimum absolute atomic E-state index is 0.00598. The van der Waals surface area contributed by atoms with Crippen LogP contribution in [0.1, 0.15) is 18.4 Å². The van der Waals surface area contributed by atoms with Crippen molar-refractivity contribution in [2.75, 3.05) is 19.7 Å². The molecule has 21 heavy (non-hydrogen) atoms. The van der Waals surface area contributed by atoms with Gasteiger partial charge in [-0.25, -0.2) is 0 Å². The molecule has 0 atom stereocenters. The van der Waals surface area contributed by atoms with E-state index in [-0.39, 0.29) is 11.7 Å². The number of piperidine rings is 1. The first-order chi connectivity index (χ1) is 9.88. The predicted octanol–water partition coefficient (Wildman–Crippen LogP) is 2.99. The van der Waals surface area contributed by atoms with Crippen molar-refractivity contribution in [1.82, 2.24) is 5.32 Å². The molecule has 1 aromatic rings. The van der Waals surface area contributed by atoms with E-state index in [0.29, 0.717) is 12.7 Å². The van der Waals surface area contributed by atoms with Gasteiger partial charge in [0.15, 0.2) is 0 Å². The third-order valence-electron chi connectivity index (χ3n) is 3.41. The summed E-state index contributed by atoms with van der Waals surface area (Å²) in [6.07, 6.45) is -2.98. The number of halogens is 3. The number of nitro benzene ring substituents is 1. The Bertz CT molecular complexity index is 514. The Morgan fingerprint density at radius 2 is 2.00 bits per heavy atom. The van der Waals surface area contributed by atoms with Gasteiger partial charge in [-0.15, -0.1) is 0 Å². The van der Waals surface area contributed by atoms with Crippen LogP contribution in [0.15, 0.2) is 18.2 Å². The van der Waals surface area contributed by atoms with Crippen molar-refractivity contribution in [1.29, 1.82) is 0 Å². The van der Waals surface area contributed by atoms with Crippen molar-refractivity contribution in [2.24, 2.45) is 5.92 Å². The number of hydrogen-bond donors (Lipinski definition) is 1. The number of nitrogens with zero attached hydrogens (tertiary/aromatic N) is 1. The second kappa shape index (κ2) is 6.30. The topological polar surface area (TPSA) is 64.4 Å². The molecular formula is C13H15F3N2O3. The van der Waals surface area contributed by atoms with E-state index in [9.17, 15) is 23.3 Å². The summed E-state index contributed by atoms with van der Waals surface area (Å²) in [6.45, 7) is 2.04. The average Bonchev–Trinajstić information content (AvgIpc) is 2.45. The van der Waals surface area contributed by atoms with Crippen LogP contribution in [0.4, 0.5) is 18.9 Å². The molecule has 1 aromatic carbocycles. The predicted molar refractivity (Wildman–Crippen MR) is 69.2 cm³/mol. The van der Waals surface area contributed by atoms with Gasteiger partial charge in [-0.2, -0.15) is 13.2 Å². The summed E-state index contributed by atoms with van der Waals surface area (Å²) in [7, 11) is 0. The summed E-state index contributed by atoms with van der Waals surface area (Å²) in [6, 6.07) is 2.73. The first kappa shape index (κ1) is 15.6. The molecule has 0 aromatic heterocycles. The SMILES string of the molecule is O=[N+]([O-])c1ccc(OCC2CCNCC2)cc1C(F)(F)F. The lowest BCUT2D eigenvalue weighted by atomic mass is 9.99. The summed E-state index contributed by atoms with van der Waals surface area (Å²) in [4.78, 5) is 9.60. The summed E-state index contributed by atoms with van der Waals surface area (Å²) in [5, 5.41) is 13.8. The van der Waals surface area contributed by atoms with E-state index < -0.39 is 22.4 Å². The van der Waals surface area contributed by atoms with Crippen LogP contribution in [0.3, 0.4) is 0 Å². The molecule has 1 heterocycles. The molecule has 1 fully saturated rings. The fraction of sp³-hybridized carbons (Fsp3) is 0.538. The maximum Gasteiger partial charge on any atom is 0.423 e. The second-order valence-electron chi connectivity index (χ2n) is 4.94. The maximum absolute atomic E-state index is 12.8. The maximum atomic E-state index is 12.8. The molecule has 1 aliphatic heterocycles. The lowest BCUT2D eigenvalue weighted by molar-refractivity contribution is -0.388. The highest BCUT2D eigenvalue weighted by molar-refractivity contribution is 5.46. The van der Waals surface area contributed by atoms with E-state index in [1.54, 1.807) is 0 Å². The molecule has 0 radical (unpaired) electrons. The van der Waals surface area contributed by atoms with Gasteiger partial charge in [0.1, 0.15) is 11.3 Å². The molecular weight excluding hydrogens is 289 g/mol. The number of nitro groups is 1. The molecule has 0 spiro atoms. The fourth-order valence-corrected chi connectivity index (χ4v) is 2.25. The van der Waals surface area contributed by atoms with E-state index in [0.717, 1.165) is 32.0 Å². The van der Waals surface area contributed by atoms with Crippen LogP contribution in [0, 0.1) is 16.0 Å². The Morgan fingerprint density at radius 1 is 1.33 bits per heavy atom. The normalized spacial score (nSPS) is 16.7. The Morgan fingerprint density at radius 3 is 2.57 bits per heavy atom. The molecule has 1 aliphatic rings. The monoisotopic (exact) mass is 304 g/mol. The van der Waals surface area contributed by atoms with Crippen LogP contribution in [0.5, 0.6) is 5.75 Å². The van der Waals surface area contributed by atoms with Crippen molar-refractivity contribution in [3.8, 4) is 5.75 Å².